The van der Waals surface area contributed by atoms with Gasteiger partial charge in [0.25, 0.3) is 5.69 Å². The van der Waals surface area contributed by atoms with Crippen LogP contribution in [0.4, 0.5) is 10.5 Å². The summed E-state index contributed by atoms with van der Waals surface area (Å²) in [5.41, 5.74) is 4.98. The number of hydrogen-bond donors (Lipinski definition) is 3. The minimum atomic E-state index is -1.58. The maximum atomic E-state index is 14.4. The number of nitro groups is 1. The highest BCUT2D eigenvalue weighted by Gasteiger charge is 2.65. The van der Waals surface area contributed by atoms with E-state index in [1.165, 1.54) is 17.0 Å². The standard InChI is InChI=1S/C53H62ClN3O12/c1-2-29-66-53-49(56(25-31-64-32-28-60)52(61)65-30-24-54)35-47(55-67-36-37-14-18-41(19-15-37)57(62)63)45-33-40(12-6-8-26-58)44(13-7-9-27-59)50(51(45)53)46-34-43(22-23-48(46)69-53)68-42-20-16-39(17-21-42)38-10-4-3-5-11-38/h2-5,10-11,14-23,33-34,40,44,49-51,58-60H,1,6-9,12-13,24-32,35-36H2/t40-,44+,49-,50+,51+,53+/m0/s1. The molecule has 6 atom stereocenters. The quantitative estimate of drug-likeness (QED) is 0.0178. The first kappa shape index (κ1) is 51.1. The zero-order chi connectivity index (χ0) is 48.6. The van der Waals surface area contributed by atoms with Gasteiger partial charge in [0.1, 0.15) is 36.5 Å². The van der Waals surface area contributed by atoms with Gasteiger partial charge >= 0.3 is 6.09 Å². The van der Waals surface area contributed by atoms with Crippen LogP contribution in [0.5, 0.6) is 17.2 Å². The summed E-state index contributed by atoms with van der Waals surface area (Å²) in [7, 11) is 0. The van der Waals surface area contributed by atoms with Crippen molar-refractivity contribution in [2.75, 3.05) is 58.7 Å². The number of hydrogen-bond acceptors (Lipinski definition) is 13. The Labute approximate surface area is 408 Å². The summed E-state index contributed by atoms with van der Waals surface area (Å²) in [4.78, 5) is 33.0. The fourth-order valence-electron chi connectivity index (χ4n) is 10.0. The molecule has 3 N–H and O–H groups in total. The van der Waals surface area contributed by atoms with Crippen molar-refractivity contribution in [3.05, 3.63) is 143 Å². The Bertz CT molecular complexity index is 2370. The van der Waals surface area contributed by atoms with Crippen molar-refractivity contribution in [3.8, 4) is 28.4 Å². The predicted octanol–water partition coefficient (Wildman–Crippen LogP) is 9.57. The molecule has 0 radical (unpaired) electrons. The largest absolute Gasteiger partial charge is 0.459 e. The molecule has 1 heterocycles. The average molecular weight is 969 g/mol. The highest BCUT2D eigenvalue weighted by Crippen LogP contribution is 2.62. The molecule has 7 rings (SSSR count). The summed E-state index contributed by atoms with van der Waals surface area (Å²) in [5.74, 6) is -0.786. The number of carbonyl (C=O) groups excluding carboxylic acids is 1. The van der Waals surface area contributed by atoms with Crippen LogP contribution in [-0.4, -0.2) is 107 Å². The number of amides is 1. The first-order valence-corrected chi connectivity index (χ1v) is 24.2. The van der Waals surface area contributed by atoms with E-state index in [2.05, 4.69) is 24.8 Å². The van der Waals surface area contributed by atoms with E-state index in [1.54, 1.807) is 18.2 Å². The lowest BCUT2D eigenvalue weighted by Crippen LogP contribution is -2.70. The second-order valence-corrected chi connectivity index (χ2v) is 17.7. The highest BCUT2D eigenvalue weighted by atomic mass is 35.5. The lowest BCUT2D eigenvalue weighted by molar-refractivity contribution is -0.384. The number of aliphatic hydroxyl groups excluding tert-OH is 3. The number of nitro benzene ring substituents is 1. The van der Waals surface area contributed by atoms with Gasteiger partial charge in [0.2, 0.25) is 5.79 Å². The molecule has 15 nitrogen and oxygen atoms in total. The van der Waals surface area contributed by atoms with E-state index in [9.17, 15) is 30.2 Å². The molecule has 1 amide bonds. The van der Waals surface area contributed by atoms with Crippen LogP contribution < -0.4 is 9.47 Å². The highest BCUT2D eigenvalue weighted by molar-refractivity contribution is 6.18. The van der Waals surface area contributed by atoms with Gasteiger partial charge < -0.3 is 43.8 Å². The normalized spacial score (nSPS) is 21.8. The van der Waals surface area contributed by atoms with E-state index < -0.39 is 28.8 Å². The number of carbonyl (C=O) groups is 1. The van der Waals surface area contributed by atoms with Gasteiger partial charge in [0, 0.05) is 49.8 Å². The fourth-order valence-corrected chi connectivity index (χ4v) is 10.1. The first-order valence-electron chi connectivity index (χ1n) is 23.7. The lowest BCUT2D eigenvalue weighted by Gasteiger charge is -2.59. The van der Waals surface area contributed by atoms with Crippen LogP contribution in [0.1, 0.15) is 62.0 Å². The summed E-state index contributed by atoms with van der Waals surface area (Å²) in [6.07, 6.45) is 7.44. The number of allylic oxidation sites excluding steroid dienone is 1. The van der Waals surface area contributed by atoms with Crippen molar-refractivity contribution >= 4 is 29.1 Å². The van der Waals surface area contributed by atoms with E-state index in [1.807, 2.05) is 60.7 Å². The summed E-state index contributed by atoms with van der Waals surface area (Å²) >= 11 is 6.06. The number of benzene rings is 4. The van der Waals surface area contributed by atoms with Gasteiger partial charge in [-0.3, -0.25) is 15.0 Å². The van der Waals surface area contributed by atoms with Crippen molar-refractivity contribution in [1.82, 2.24) is 4.90 Å². The molecule has 0 unspecified atom stereocenters. The molecule has 1 saturated carbocycles. The van der Waals surface area contributed by atoms with Crippen LogP contribution in [0.2, 0.25) is 0 Å². The molecule has 4 aromatic rings. The van der Waals surface area contributed by atoms with Gasteiger partial charge in [-0.15, -0.1) is 18.2 Å². The molecule has 4 aromatic carbocycles. The van der Waals surface area contributed by atoms with E-state index in [0.717, 1.165) is 47.9 Å². The van der Waals surface area contributed by atoms with E-state index in [4.69, 9.17) is 45.3 Å². The SMILES string of the molecule is C=CCO[C@@]12Oc3ccc(Oc4ccc(-c5ccccc5)cc4)cc3[C@H]3[C@H](CCCCO)[C@@H](CCCCO)C=C(C(=NOCc4ccc([N+](=O)[O-])cc4)C[C@@H]1N(CCOCCO)C(=O)OCCCl)[C@H]32. The van der Waals surface area contributed by atoms with Crippen molar-refractivity contribution in [3.63, 3.8) is 0 Å². The van der Waals surface area contributed by atoms with Crippen LogP contribution in [-0.2, 0) is 25.7 Å². The number of non-ortho nitro benzene ring substituents is 1. The van der Waals surface area contributed by atoms with Crippen molar-refractivity contribution < 1.29 is 53.6 Å². The monoisotopic (exact) mass is 967 g/mol. The predicted molar refractivity (Wildman–Crippen MR) is 261 cm³/mol. The Hall–Kier alpha value is -5.81. The summed E-state index contributed by atoms with van der Waals surface area (Å²) in [5, 5.41) is 45.8. The van der Waals surface area contributed by atoms with Gasteiger partial charge in [-0.25, -0.2) is 4.79 Å². The smallest absolute Gasteiger partial charge is 0.410 e. The molecule has 368 valence electrons. The number of unbranched alkanes of at least 4 members (excludes halogenated alkanes) is 2. The molecule has 16 heteroatoms. The summed E-state index contributed by atoms with van der Waals surface area (Å²) in [6, 6.07) is 28.9. The van der Waals surface area contributed by atoms with Crippen molar-refractivity contribution in [2.45, 2.75) is 69.3 Å². The van der Waals surface area contributed by atoms with E-state index in [0.29, 0.717) is 41.4 Å². The summed E-state index contributed by atoms with van der Waals surface area (Å²) in [6.45, 7) is 3.97. The maximum absolute atomic E-state index is 14.4. The number of ether oxygens (including phenoxy) is 5. The number of aliphatic hydroxyl groups is 3. The van der Waals surface area contributed by atoms with Crippen LogP contribution in [0.15, 0.2) is 127 Å². The first-order chi connectivity index (χ1) is 33.7. The third kappa shape index (κ3) is 12.3. The lowest BCUT2D eigenvalue weighted by atomic mass is 9.55. The average Bonchev–Trinajstić information content (AvgIpc) is 3.37. The molecule has 0 saturated heterocycles. The Morgan fingerprint density at radius 2 is 1.62 bits per heavy atom. The molecule has 3 aliphatic rings. The van der Waals surface area contributed by atoms with Gasteiger partial charge in [0.05, 0.1) is 48.9 Å². The zero-order valence-electron chi connectivity index (χ0n) is 38.7. The third-order valence-corrected chi connectivity index (χ3v) is 13.2. The van der Waals surface area contributed by atoms with Crippen molar-refractivity contribution in [1.29, 1.82) is 0 Å². The Balaban J connectivity index is 1.39. The molecule has 0 aromatic heterocycles. The maximum Gasteiger partial charge on any atom is 0.410 e. The molecule has 2 aliphatic carbocycles. The Morgan fingerprint density at radius 3 is 2.32 bits per heavy atom. The topological polar surface area (TPSA) is 192 Å². The Morgan fingerprint density at radius 1 is 0.899 bits per heavy atom. The van der Waals surface area contributed by atoms with Gasteiger partial charge in [-0.2, -0.15) is 0 Å². The molecule has 0 bridgehead atoms. The molecule has 0 spiro atoms. The number of oxime groups is 1. The minimum absolute atomic E-state index is 0.00179. The molecule has 1 aliphatic heterocycles. The van der Waals surface area contributed by atoms with Gasteiger partial charge in [-0.1, -0.05) is 72.6 Å². The van der Waals surface area contributed by atoms with Crippen LogP contribution >= 0.6 is 11.6 Å². The zero-order valence-corrected chi connectivity index (χ0v) is 39.5. The number of rotatable bonds is 26. The second-order valence-electron chi connectivity index (χ2n) is 17.3. The third-order valence-electron chi connectivity index (χ3n) is 13.0. The fraction of sp³-hybridized carbons (Fsp3) is 0.434. The number of halogens is 1. The van der Waals surface area contributed by atoms with Crippen LogP contribution in [0, 0.1) is 27.9 Å². The van der Waals surface area contributed by atoms with Gasteiger partial charge in [-0.05, 0) is 102 Å². The minimum Gasteiger partial charge on any atom is -0.459 e. The van der Waals surface area contributed by atoms with Crippen LogP contribution in [0.25, 0.3) is 11.1 Å². The molecule has 69 heavy (non-hydrogen) atoms. The number of alkyl halides is 1. The second kappa shape index (κ2) is 25.2. The molecular weight excluding hydrogens is 906 g/mol. The molecule has 1 fully saturated rings. The number of nitrogens with zero attached hydrogens (tertiary/aromatic N) is 3. The summed E-state index contributed by atoms with van der Waals surface area (Å²) < 4.78 is 32.4. The Kier molecular flexibility index (Phi) is 18.6. The van der Waals surface area contributed by atoms with Gasteiger partial charge in [0.15, 0.2) is 0 Å². The van der Waals surface area contributed by atoms with E-state index >= 15 is 0 Å². The number of fused-ring (bicyclic) bond motifs is 2. The van der Waals surface area contributed by atoms with E-state index in [-0.39, 0.29) is 95.1 Å². The van der Waals surface area contributed by atoms with Crippen LogP contribution in [0.3, 0.4) is 0 Å². The molecular formula is C53H62ClN3O12. The van der Waals surface area contributed by atoms with Crippen molar-refractivity contribution in [2.24, 2.45) is 22.9 Å².